The Kier molecular flexibility index (Phi) is 4.09. The molecule has 0 radical (unpaired) electrons. The van der Waals surface area contributed by atoms with Crippen LogP contribution in [0.2, 0.25) is 0 Å². The average molecular weight is 223 g/mol. The van der Waals surface area contributed by atoms with Gasteiger partial charge in [0.25, 0.3) is 0 Å². The topological polar surface area (TPSA) is 35.1 Å². The summed E-state index contributed by atoms with van der Waals surface area (Å²) >= 11 is 0. The molecule has 15 heavy (non-hydrogen) atoms. The summed E-state index contributed by atoms with van der Waals surface area (Å²) in [6.07, 6.45) is 4.03. The van der Waals surface area contributed by atoms with Crippen LogP contribution >= 0.6 is 0 Å². The first-order valence-corrected chi connectivity index (χ1v) is 6.89. The molecule has 1 aromatic carbocycles. The van der Waals surface area contributed by atoms with E-state index in [1.165, 1.54) is 11.1 Å². The molecule has 1 aromatic rings. The van der Waals surface area contributed by atoms with Crippen molar-refractivity contribution in [3.8, 4) is 0 Å². The van der Waals surface area contributed by atoms with Crippen LogP contribution in [0.4, 0.5) is 5.69 Å². The predicted octanol–water partition coefficient (Wildman–Crippen LogP) is 1.75. The van der Waals surface area contributed by atoms with E-state index in [2.05, 4.69) is 12.2 Å². The summed E-state index contributed by atoms with van der Waals surface area (Å²) in [4.78, 5) is 0. The van der Waals surface area contributed by atoms with E-state index in [1.807, 2.05) is 37.6 Å². The van der Waals surface area contributed by atoms with Crippen molar-refractivity contribution < 1.29 is 5.11 Å². The van der Waals surface area contributed by atoms with E-state index in [0.29, 0.717) is 0 Å². The van der Waals surface area contributed by atoms with Crippen LogP contribution in [0.25, 0.3) is 0 Å². The summed E-state index contributed by atoms with van der Waals surface area (Å²) in [5.41, 5.74) is 3.30. The van der Waals surface area contributed by atoms with Crippen LogP contribution in [0, 0.1) is 13.8 Å². The van der Waals surface area contributed by atoms with Crippen molar-refractivity contribution in [2.24, 2.45) is 0 Å². The van der Waals surface area contributed by atoms with E-state index in [4.69, 9.17) is 0 Å². The fraction of sp³-hybridized carbons (Fsp3) is 0.333. The van der Waals surface area contributed by atoms with Crippen LogP contribution < -0.4 is 10.4 Å². The van der Waals surface area contributed by atoms with E-state index in [-0.39, 0.29) is 16.8 Å². The molecule has 3 heteroatoms. The van der Waals surface area contributed by atoms with Gasteiger partial charge in [0.05, 0.1) is 0 Å². The maximum absolute atomic E-state index is 11.5. The van der Waals surface area contributed by atoms with Crippen molar-refractivity contribution in [2.75, 3.05) is 17.8 Å². The third-order valence-electron chi connectivity index (χ3n) is 2.12. The normalized spacial score (nSPS) is 11.9. The Hall–Kier alpha value is -1.09. The van der Waals surface area contributed by atoms with Gasteiger partial charge in [0.2, 0.25) is 0 Å². The van der Waals surface area contributed by atoms with Crippen molar-refractivity contribution in [3.05, 3.63) is 40.6 Å². The smallest absolute Gasteiger partial charge is 0.127 e. The molecule has 0 atom stereocenters. The summed E-state index contributed by atoms with van der Waals surface area (Å²) in [6.45, 7) is 4.10. The van der Waals surface area contributed by atoms with Gasteiger partial charge in [0, 0.05) is 22.5 Å². The minimum atomic E-state index is -0.0217. The summed E-state index contributed by atoms with van der Waals surface area (Å²) in [6, 6.07) is 5.94. The summed E-state index contributed by atoms with van der Waals surface area (Å²) in [7, 11) is 0.0339. The molecule has 0 aliphatic heterocycles. The quantitative estimate of drug-likeness (QED) is 0.626. The lowest BCUT2D eigenvalue weighted by Gasteiger charge is -2.14. The number of rotatable bonds is 3. The predicted molar refractivity (Wildman–Crippen MR) is 66.8 cm³/mol. The highest BCUT2D eigenvalue weighted by molar-refractivity contribution is 7.98. The SMILES string of the molecule is Cc1ccc(N/C([O-])=C/[S+](C)C)cc1C. The fourth-order valence-electron chi connectivity index (χ4n) is 1.20. The second-order valence-electron chi connectivity index (χ2n) is 3.79. The van der Waals surface area contributed by atoms with Crippen molar-refractivity contribution in [1.29, 1.82) is 0 Å². The van der Waals surface area contributed by atoms with E-state index < -0.39 is 0 Å². The molecule has 0 amide bonds. The third-order valence-corrected chi connectivity index (χ3v) is 2.80. The second kappa shape index (κ2) is 5.12. The maximum Gasteiger partial charge on any atom is 0.127 e. The Balaban J connectivity index is 2.77. The van der Waals surface area contributed by atoms with Crippen LogP contribution in [0.3, 0.4) is 0 Å². The first-order valence-electron chi connectivity index (χ1n) is 4.78. The average Bonchev–Trinajstić information content (AvgIpc) is 2.10. The zero-order valence-corrected chi connectivity index (χ0v) is 10.4. The van der Waals surface area contributed by atoms with Gasteiger partial charge in [-0.05, 0) is 37.1 Å². The monoisotopic (exact) mass is 223 g/mol. The van der Waals surface area contributed by atoms with Gasteiger partial charge >= 0.3 is 0 Å². The Labute approximate surface area is 94.4 Å². The molecule has 2 nitrogen and oxygen atoms in total. The van der Waals surface area contributed by atoms with Crippen LogP contribution in [-0.4, -0.2) is 12.5 Å². The van der Waals surface area contributed by atoms with Crippen molar-refractivity contribution in [2.45, 2.75) is 13.8 Å². The second-order valence-corrected chi connectivity index (χ2v) is 5.78. The van der Waals surface area contributed by atoms with Gasteiger partial charge < -0.3 is 10.4 Å². The van der Waals surface area contributed by atoms with Gasteiger partial charge in [-0.3, -0.25) is 0 Å². The summed E-state index contributed by atoms with van der Waals surface area (Å²) in [5.74, 6) is -0.0217. The third kappa shape index (κ3) is 3.88. The fourth-order valence-corrected chi connectivity index (χ4v) is 1.69. The summed E-state index contributed by atoms with van der Waals surface area (Å²) < 4.78 is 0. The minimum Gasteiger partial charge on any atom is -0.857 e. The highest BCUT2D eigenvalue weighted by Gasteiger charge is 1.98. The molecule has 0 aliphatic rings. The van der Waals surface area contributed by atoms with Gasteiger partial charge in [0.15, 0.2) is 0 Å². The van der Waals surface area contributed by atoms with Gasteiger partial charge in [-0.1, -0.05) is 6.07 Å². The molecule has 0 aromatic heterocycles. The number of anilines is 1. The van der Waals surface area contributed by atoms with E-state index in [1.54, 1.807) is 5.41 Å². The van der Waals surface area contributed by atoms with Gasteiger partial charge in [-0.25, -0.2) is 0 Å². The molecule has 0 heterocycles. The Morgan fingerprint density at radius 1 is 1.27 bits per heavy atom. The van der Waals surface area contributed by atoms with Crippen molar-refractivity contribution in [1.82, 2.24) is 0 Å². The van der Waals surface area contributed by atoms with Gasteiger partial charge in [0.1, 0.15) is 17.9 Å². The van der Waals surface area contributed by atoms with Crippen molar-refractivity contribution >= 4 is 16.6 Å². The molecular weight excluding hydrogens is 206 g/mol. The standard InChI is InChI=1S/C12H17NOS/c1-9-5-6-11(7-10(9)2)13-12(14)8-15(3)4/h5-8,13H,1-4H3/b12-8-. The molecule has 0 unspecified atom stereocenters. The Morgan fingerprint density at radius 3 is 2.47 bits per heavy atom. The molecule has 0 bridgehead atoms. The number of nitrogens with one attached hydrogen (secondary N) is 1. The zero-order chi connectivity index (χ0) is 11.4. The van der Waals surface area contributed by atoms with Crippen LogP contribution in [-0.2, 0) is 10.9 Å². The Morgan fingerprint density at radius 2 is 1.93 bits per heavy atom. The molecule has 1 rings (SSSR count). The maximum atomic E-state index is 11.5. The lowest BCUT2D eigenvalue weighted by molar-refractivity contribution is -0.298. The minimum absolute atomic E-state index is 0.0217. The largest absolute Gasteiger partial charge is 0.857 e. The molecule has 1 N–H and O–H groups in total. The van der Waals surface area contributed by atoms with Gasteiger partial charge in [-0.2, -0.15) is 0 Å². The van der Waals surface area contributed by atoms with E-state index >= 15 is 0 Å². The number of hydrogen-bond acceptors (Lipinski definition) is 2. The highest BCUT2D eigenvalue weighted by Crippen LogP contribution is 2.14. The molecule has 0 fully saturated rings. The number of aryl methyl sites for hydroxylation is 2. The van der Waals surface area contributed by atoms with Crippen LogP contribution in [0.5, 0.6) is 0 Å². The van der Waals surface area contributed by atoms with Crippen LogP contribution in [0.1, 0.15) is 11.1 Å². The highest BCUT2D eigenvalue weighted by atomic mass is 32.2. The van der Waals surface area contributed by atoms with Crippen molar-refractivity contribution in [3.63, 3.8) is 0 Å². The molecular formula is C12H17NOS. The zero-order valence-electron chi connectivity index (χ0n) is 9.63. The summed E-state index contributed by atoms with van der Waals surface area (Å²) in [5, 5.41) is 16.0. The molecule has 0 aliphatic carbocycles. The lowest BCUT2D eigenvalue weighted by atomic mass is 10.1. The van der Waals surface area contributed by atoms with Crippen LogP contribution in [0.15, 0.2) is 29.5 Å². The molecule has 0 spiro atoms. The number of hydrogen-bond donors (Lipinski definition) is 1. The first-order chi connectivity index (χ1) is 6.99. The Bertz CT molecular complexity index is 372. The molecule has 82 valence electrons. The van der Waals surface area contributed by atoms with E-state index in [0.717, 1.165) is 5.69 Å². The first kappa shape index (κ1) is 12.0. The number of benzene rings is 1. The molecule has 0 saturated heterocycles. The lowest BCUT2D eigenvalue weighted by Crippen LogP contribution is -2.15. The van der Waals surface area contributed by atoms with Gasteiger partial charge in [-0.15, -0.1) is 0 Å². The molecule has 0 saturated carbocycles. The van der Waals surface area contributed by atoms with E-state index in [9.17, 15) is 5.11 Å².